The smallest absolute Gasteiger partial charge is 0.416 e. The standard InChI is InChI=1S/C20H32N2O3/c1-18(2,3)25-17(23)22-12-8-9-14-10-11-15(21-16(14)22)19(4,5)13-20(6,7)24/h10-11,24H,8-9,12-13H2,1-7H3. The Hall–Kier alpha value is -1.62. The highest BCUT2D eigenvalue weighted by Crippen LogP contribution is 2.34. The van der Waals surface area contributed by atoms with Gasteiger partial charge in [0.05, 0.1) is 5.60 Å². The summed E-state index contributed by atoms with van der Waals surface area (Å²) < 4.78 is 5.55. The molecular weight excluding hydrogens is 316 g/mol. The van der Waals surface area contributed by atoms with Crippen LogP contribution in [-0.2, 0) is 16.6 Å². The van der Waals surface area contributed by atoms with E-state index in [1.807, 2.05) is 26.8 Å². The van der Waals surface area contributed by atoms with Gasteiger partial charge in [0.15, 0.2) is 0 Å². The Labute approximate surface area is 151 Å². The van der Waals surface area contributed by atoms with Gasteiger partial charge in [0.1, 0.15) is 11.4 Å². The average molecular weight is 348 g/mol. The fraction of sp³-hybridized carbons (Fsp3) is 0.700. The molecule has 1 aromatic rings. The van der Waals surface area contributed by atoms with Crippen LogP contribution >= 0.6 is 0 Å². The van der Waals surface area contributed by atoms with E-state index in [1.165, 1.54) is 0 Å². The number of carbonyl (C=O) groups is 1. The van der Waals surface area contributed by atoms with Gasteiger partial charge in [-0.3, -0.25) is 4.90 Å². The van der Waals surface area contributed by atoms with Crippen molar-refractivity contribution in [2.45, 2.75) is 84.3 Å². The lowest BCUT2D eigenvalue weighted by atomic mass is 9.78. The van der Waals surface area contributed by atoms with Crippen LogP contribution in [0, 0.1) is 0 Å². The third-order valence-corrected chi connectivity index (χ3v) is 4.22. The van der Waals surface area contributed by atoms with Gasteiger partial charge in [-0.05, 0) is 65.5 Å². The summed E-state index contributed by atoms with van der Waals surface area (Å²) in [5.74, 6) is 0.696. The van der Waals surface area contributed by atoms with E-state index in [0.717, 1.165) is 24.1 Å². The molecule has 1 aliphatic rings. The van der Waals surface area contributed by atoms with Crippen molar-refractivity contribution in [2.75, 3.05) is 11.4 Å². The van der Waals surface area contributed by atoms with Gasteiger partial charge in [-0.2, -0.15) is 0 Å². The van der Waals surface area contributed by atoms with Crippen molar-refractivity contribution in [3.63, 3.8) is 0 Å². The summed E-state index contributed by atoms with van der Waals surface area (Å²) in [5, 5.41) is 10.2. The van der Waals surface area contributed by atoms with Crippen molar-refractivity contribution in [3.8, 4) is 0 Å². The normalized spacial score (nSPS) is 15.8. The van der Waals surface area contributed by atoms with Crippen LogP contribution in [0.3, 0.4) is 0 Å². The number of fused-ring (bicyclic) bond motifs is 1. The second kappa shape index (κ2) is 6.60. The zero-order chi connectivity index (χ0) is 19.0. The maximum atomic E-state index is 12.6. The molecule has 2 rings (SSSR count). The Morgan fingerprint density at radius 2 is 1.84 bits per heavy atom. The summed E-state index contributed by atoms with van der Waals surface area (Å²) in [5.41, 5.74) is 0.326. The number of carbonyl (C=O) groups excluding carboxylic acids is 1. The van der Waals surface area contributed by atoms with Crippen LogP contribution < -0.4 is 4.90 Å². The van der Waals surface area contributed by atoms with Crippen LogP contribution in [0.15, 0.2) is 12.1 Å². The molecule has 0 aromatic carbocycles. The number of ether oxygens (including phenoxy) is 1. The van der Waals surface area contributed by atoms with E-state index >= 15 is 0 Å². The third kappa shape index (κ3) is 5.18. The Morgan fingerprint density at radius 3 is 2.40 bits per heavy atom. The van der Waals surface area contributed by atoms with Crippen LogP contribution in [0.2, 0.25) is 0 Å². The molecule has 0 saturated heterocycles. The number of pyridine rings is 1. The zero-order valence-corrected chi connectivity index (χ0v) is 16.6. The molecule has 0 unspecified atom stereocenters. The first-order chi connectivity index (χ1) is 11.3. The van der Waals surface area contributed by atoms with Crippen molar-refractivity contribution in [2.24, 2.45) is 0 Å². The molecule has 0 atom stereocenters. The first-order valence-corrected chi connectivity index (χ1v) is 9.02. The lowest BCUT2D eigenvalue weighted by Gasteiger charge is -2.34. The molecule has 2 heterocycles. The fourth-order valence-electron chi connectivity index (χ4n) is 3.48. The van der Waals surface area contributed by atoms with Crippen LogP contribution in [0.1, 0.15) is 72.6 Å². The molecule has 0 fully saturated rings. The maximum Gasteiger partial charge on any atom is 0.416 e. The molecule has 0 bridgehead atoms. The summed E-state index contributed by atoms with van der Waals surface area (Å²) >= 11 is 0. The van der Waals surface area contributed by atoms with E-state index in [4.69, 9.17) is 9.72 Å². The summed E-state index contributed by atoms with van der Waals surface area (Å²) in [6.07, 6.45) is 2.05. The van der Waals surface area contributed by atoms with Gasteiger partial charge in [0.25, 0.3) is 0 Å². The van der Waals surface area contributed by atoms with Gasteiger partial charge in [-0.1, -0.05) is 19.9 Å². The Morgan fingerprint density at radius 1 is 1.20 bits per heavy atom. The van der Waals surface area contributed by atoms with E-state index in [0.29, 0.717) is 18.8 Å². The molecule has 0 spiro atoms. The second-order valence-corrected chi connectivity index (χ2v) is 9.29. The minimum atomic E-state index is -0.786. The van der Waals surface area contributed by atoms with Gasteiger partial charge >= 0.3 is 6.09 Å². The highest BCUT2D eigenvalue weighted by molar-refractivity contribution is 5.88. The topological polar surface area (TPSA) is 62.7 Å². The highest BCUT2D eigenvalue weighted by atomic mass is 16.6. The average Bonchev–Trinajstić information content (AvgIpc) is 2.41. The van der Waals surface area contributed by atoms with Crippen LogP contribution in [-0.4, -0.2) is 33.9 Å². The van der Waals surface area contributed by atoms with E-state index in [-0.39, 0.29) is 11.5 Å². The predicted molar refractivity (Wildman–Crippen MR) is 100 cm³/mol. The molecule has 5 heteroatoms. The molecular formula is C20H32N2O3. The minimum Gasteiger partial charge on any atom is -0.443 e. The minimum absolute atomic E-state index is 0.301. The summed E-state index contributed by atoms with van der Waals surface area (Å²) in [6.45, 7) is 14.0. The summed E-state index contributed by atoms with van der Waals surface area (Å²) in [7, 11) is 0. The molecule has 25 heavy (non-hydrogen) atoms. The van der Waals surface area contributed by atoms with Crippen molar-refractivity contribution < 1.29 is 14.6 Å². The van der Waals surface area contributed by atoms with Crippen molar-refractivity contribution >= 4 is 11.9 Å². The quantitative estimate of drug-likeness (QED) is 0.889. The maximum absolute atomic E-state index is 12.6. The van der Waals surface area contributed by atoms with Crippen LogP contribution in [0.25, 0.3) is 0 Å². The zero-order valence-electron chi connectivity index (χ0n) is 16.6. The fourth-order valence-corrected chi connectivity index (χ4v) is 3.48. The summed E-state index contributed by atoms with van der Waals surface area (Å²) in [6, 6.07) is 4.07. The van der Waals surface area contributed by atoms with E-state index in [1.54, 1.807) is 18.7 Å². The molecule has 1 aromatic heterocycles. The molecule has 1 aliphatic heterocycles. The largest absolute Gasteiger partial charge is 0.443 e. The highest BCUT2D eigenvalue weighted by Gasteiger charge is 2.33. The monoisotopic (exact) mass is 348 g/mol. The number of nitrogens with zero attached hydrogens (tertiary/aromatic N) is 2. The number of amides is 1. The molecule has 0 aliphatic carbocycles. The van der Waals surface area contributed by atoms with E-state index in [9.17, 15) is 9.90 Å². The van der Waals surface area contributed by atoms with E-state index in [2.05, 4.69) is 19.9 Å². The Kier molecular flexibility index (Phi) is 5.20. The van der Waals surface area contributed by atoms with Gasteiger partial charge in [0, 0.05) is 17.7 Å². The van der Waals surface area contributed by atoms with Crippen LogP contribution in [0.5, 0.6) is 0 Å². The van der Waals surface area contributed by atoms with Gasteiger partial charge in [-0.15, -0.1) is 0 Å². The number of rotatable bonds is 3. The molecule has 1 amide bonds. The van der Waals surface area contributed by atoms with Crippen LogP contribution in [0.4, 0.5) is 10.6 Å². The second-order valence-electron chi connectivity index (χ2n) is 9.29. The van der Waals surface area contributed by atoms with Crippen molar-refractivity contribution in [1.29, 1.82) is 0 Å². The molecule has 140 valence electrons. The molecule has 5 nitrogen and oxygen atoms in total. The van der Waals surface area contributed by atoms with Crippen molar-refractivity contribution in [3.05, 3.63) is 23.4 Å². The van der Waals surface area contributed by atoms with E-state index < -0.39 is 11.2 Å². The predicted octanol–water partition coefficient (Wildman–Crippen LogP) is 4.21. The lowest BCUT2D eigenvalue weighted by Crippen LogP contribution is -2.41. The first kappa shape index (κ1) is 19.7. The van der Waals surface area contributed by atoms with Gasteiger partial charge in [0.2, 0.25) is 0 Å². The molecule has 1 N–H and O–H groups in total. The number of aryl methyl sites for hydroxylation is 1. The SMILES string of the molecule is CC(C)(O)CC(C)(C)c1ccc2c(n1)N(C(=O)OC(C)(C)C)CCC2. The number of hydrogen-bond donors (Lipinski definition) is 1. The van der Waals surface area contributed by atoms with Gasteiger partial charge < -0.3 is 9.84 Å². The summed E-state index contributed by atoms with van der Waals surface area (Å²) in [4.78, 5) is 19.1. The molecule has 0 radical (unpaired) electrons. The third-order valence-electron chi connectivity index (χ3n) is 4.22. The number of aliphatic hydroxyl groups is 1. The number of hydrogen-bond acceptors (Lipinski definition) is 4. The Balaban J connectivity index is 2.36. The van der Waals surface area contributed by atoms with Gasteiger partial charge in [-0.25, -0.2) is 9.78 Å². The molecule has 0 saturated carbocycles. The Bertz CT molecular complexity index is 639. The van der Waals surface area contributed by atoms with Crippen molar-refractivity contribution in [1.82, 2.24) is 4.98 Å². The number of anilines is 1. The first-order valence-electron chi connectivity index (χ1n) is 9.02. The lowest BCUT2D eigenvalue weighted by molar-refractivity contribution is 0.0490. The number of aromatic nitrogens is 1.